The van der Waals surface area contributed by atoms with Gasteiger partial charge in [0.25, 0.3) is 0 Å². The van der Waals surface area contributed by atoms with Crippen LogP contribution in [0.2, 0.25) is 10.0 Å². The number of benzene rings is 1. The second kappa shape index (κ2) is 6.63. The van der Waals surface area contributed by atoms with Crippen molar-refractivity contribution in [2.45, 2.75) is 26.1 Å². The van der Waals surface area contributed by atoms with E-state index in [0.717, 1.165) is 17.1 Å². The Morgan fingerprint density at radius 2 is 1.90 bits per heavy atom. The molecule has 0 saturated carbocycles. The number of nitrogens with zero attached hydrogens (tertiary/aromatic N) is 1. The zero-order valence-corrected chi connectivity index (χ0v) is 14.1. The van der Waals surface area contributed by atoms with Gasteiger partial charge in [-0.25, -0.2) is 0 Å². The molecule has 0 aliphatic rings. The van der Waals surface area contributed by atoms with Crippen molar-refractivity contribution in [3.8, 4) is 5.69 Å². The van der Waals surface area contributed by atoms with E-state index < -0.39 is 12.2 Å². The van der Waals surface area contributed by atoms with Crippen LogP contribution >= 0.6 is 35.8 Å². The Labute approximate surface area is 139 Å². The van der Waals surface area contributed by atoms with Gasteiger partial charge in [0.05, 0.1) is 21.8 Å². The standard InChI is InChI=1S/C15H17Cl2NO2S/c1-8-6-10(15(20)13(19)7-21)9(2)18(8)12-5-3-4-11(16)14(12)17/h3-6,13,15,19-21H,7H2,1-2H3. The second-order valence-corrected chi connectivity index (χ2v) is 6.08. The molecule has 114 valence electrons. The Bertz CT molecular complexity index is 657. The van der Waals surface area contributed by atoms with E-state index in [1.54, 1.807) is 6.07 Å². The Morgan fingerprint density at radius 1 is 1.24 bits per heavy atom. The first kappa shape index (κ1) is 16.7. The Balaban J connectivity index is 2.57. The van der Waals surface area contributed by atoms with Gasteiger partial charge < -0.3 is 14.8 Å². The summed E-state index contributed by atoms with van der Waals surface area (Å²) in [5.74, 6) is 0.183. The molecule has 21 heavy (non-hydrogen) atoms. The van der Waals surface area contributed by atoms with Gasteiger partial charge in [-0.15, -0.1) is 0 Å². The highest BCUT2D eigenvalue weighted by atomic mass is 35.5. The molecule has 3 nitrogen and oxygen atoms in total. The van der Waals surface area contributed by atoms with Crippen LogP contribution in [0, 0.1) is 13.8 Å². The number of thiol groups is 1. The Morgan fingerprint density at radius 3 is 2.52 bits per heavy atom. The van der Waals surface area contributed by atoms with Crippen LogP contribution in [0.15, 0.2) is 24.3 Å². The van der Waals surface area contributed by atoms with Gasteiger partial charge in [0.1, 0.15) is 6.10 Å². The first-order valence-electron chi connectivity index (χ1n) is 6.48. The predicted molar refractivity (Wildman–Crippen MR) is 90.1 cm³/mol. The monoisotopic (exact) mass is 345 g/mol. The maximum Gasteiger partial charge on any atom is 0.107 e. The lowest BCUT2D eigenvalue weighted by Gasteiger charge is -2.17. The molecule has 0 amide bonds. The molecule has 0 spiro atoms. The highest BCUT2D eigenvalue weighted by Crippen LogP contribution is 2.33. The Hall–Kier alpha value is -0.650. The van der Waals surface area contributed by atoms with Crippen LogP contribution in [0.3, 0.4) is 0 Å². The molecule has 0 aliphatic carbocycles. The van der Waals surface area contributed by atoms with Crippen molar-refractivity contribution in [2.75, 3.05) is 5.75 Å². The molecule has 1 heterocycles. The van der Waals surface area contributed by atoms with Gasteiger partial charge in [0, 0.05) is 22.7 Å². The molecule has 0 saturated heterocycles. The van der Waals surface area contributed by atoms with E-state index in [1.807, 2.05) is 36.6 Å². The molecule has 0 aliphatic heterocycles. The zero-order valence-electron chi connectivity index (χ0n) is 11.7. The van der Waals surface area contributed by atoms with E-state index in [9.17, 15) is 10.2 Å². The zero-order chi connectivity index (χ0) is 15.7. The minimum atomic E-state index is -0.986. The maximum absolute atomic E-state index is 10.2. The normalized spacial score (nSPS) is 14.2. The van der Waals surface area contributed by atoms with E-state index in [1.165, 1.54) is 0 Å². The number of rotatable bonds is 4. The van der Waals surface area contributed by atoms with Crippen molar-refractivity contribution in [3.63, 3.8) is 0 Å². The van der Waals surface area contributed by atoms with E-state index in [0.29, 0.717) is 15.6 Å². The Kier molecular flexibility index (Phi) is 5.28. The second-order valence-electron chi connectivity index (χ2n) is 4.93. The minimum absolute atomic E-state index is 0.183. The van der Waals surface area contributed by atoms with E-state index in [-0.39, 0.29) is 5.75 Å². The van der Waals surface area contributed by atoms with Crippen molar-refractivity contribution >= 4 is 35.8 Å². The summed E-state index contributed by atoms with van der Waals surface area (Å²) in [5.41, 5.74) is 3.12. The van der Waals surface area contributed by atoms with E-state index in [2.05, 4.69) is 12.6 Å². The summed E-state index contributed by atoms with van der Waals surface area (Å²) in [5, 5.41) is 20.9. The molecule has 0 fully saturated rings. The van der Waals surface area contributed by atoms with Crippen molar-refractivity contribution in [1.82, 2.24) is 4.57 Å². The molecule has 0 bridgehead atoms. The summed E-state index contributed by atoms with van der Waals surface area (Å²) in [4.78, 5) is 0. The molecule has 6 heteroatoms. The van der Waals surface area contributed by atoms with Crippen molar-refractivity contribution in [1.29, 1.82) is 0 Å². The highest BCUT2D eigenvalue weighted by Gasteiger charge is 2.23. The largest absolute Gasteiger partial charge is 0.389 e. The third kappa shape index (κ3) is 3.10. The van der Waals surface area contributed by atoms with Crippen LogP contribution in [0.5, 0.6) is 0 Å². The highest BCUT2D eigenvalue weighted by molar-refractivity contribution is 7.80. The fourth-order valence-electron chi connectivity index (χ4n) is 2.43. The van der Waals surface area contributed by atoms with Crippen LogP contribution in [-0.2, 0) is 0 Å². The van der Waals surface area contributed by atoms with Crippen molar-refractivity contribution in [2.24, 2.45) is 0 Å². The van der Waals surface area contributed by atoms with E-state index >= 15 is 0 Å². The van der Waals surface area contributed by atoms with E-state index in [4.69, 9.17) is 23.2 Å². The lowest BCUT2D eigenvalue weighted by atomic mass is 10.1. The topological polar surface area (TPSA) is 45.4 Å². The molecule has 2 atom stereocenters. The number of hydrogen-bond acceptors (Lipinski definition) is 3. The predicted octanol–water partition coefficient (Wildman–Crippen LogP) is 3.73. The number of aliphatic hydroxyl groups excluding tert-OH is 2. The van der Waals surface area contributed by atoms with Crippen LogP contribution in [0.4, 0.5) is 0 Å². The smallest absolute Gasteiger partial charge is 0.107 e. The molecular weight excluding hydrogens is 329 g/mol. The first-order chi connectivity index (χ1) is 9.88. The van der Waals surface area contributed by atoms with Gasteiger partial charge in [-0.1, -0.05) is 29.3 Å². The molecule has 2 unspecified atom stereocenters. The molecule has 1 aromatic heterocycles. The number of aliphatic hydroxyl groups is 2. The molecule has 2 rings (SSSR count). The van der Waals surface area contributed by atoms with Crippen LogP contribution < -0.4 is 0 Å². The average molecular weight is 346 g/mol. The number of halogens is 2. The lowest BCUT2D eigenvalue weighted by Crippen LogP contribution is -2.20. The lowest BCUT2D eigenvalue weighted by molar-refractivity contribution is 0.0334. The third-order valence-electron chi connectivity index (χ3n) is 3.51. The number of aromatic nitrogens is 1. The summed E-state index contributed by atoms with van der Waals surface area (Å²) < 4.78 is 1.91. The summed E-state index contributed by atoms with van der Waals surface area (Å²) in [6, 6.07) is 7.24. The first-order valence-corrected chi connectivity index (χ1v) is 7.87. The molecule has 0 radical (unpaired) electrons. The maximum atomic E-state index is 10.2. The van der Waals surface area contributed by atoms with Crippen LogP contribution in [0.1, 0.15) is 23.1 Å². The van der Waals surface area contributed by atoms with Gasteiger partial charge >= 0.3 is 0 Å². The average Bonchev–Trinajstić information content (AvgIpc) is 2.75. The van der Waals surface area contributed by atoms with Crippen molar-refractivity contribution < 1.29 is 10.2 Å². The summed E-state index contributed by atoms with van der Waals surface area (Å²) in [7, 11) is 0. The van der Waals surface area contributed by atoms with Gasteiger partial charge in [0.2, 0.25) is 0 Å². The van der Waals surface area contributed by atoms with Gasteiger partial charge in [-0.2, -0.15) is 12.6 Å². The minimum Gasteiger partial charge on any atom is -0.389 e. The van der Waals surface area contributed by atoms with Crippen LogP contribution in [0.25, 0.3) is 5.69 Å². The fourth-order valence-corrected chi connectivity index (χ4v) is 3.01. The molecule has 2 N–H and O–H groups in total. The quantitative estimate of drug-likeness (QED) is 0.739. The summed E-state index contributed by atoms with van der Waals surface area (Å²) in [6.07, 6.45) is -1.91. The number of hydrogen-bond donors (Lipinski definition) is 3. The third-order valence-corrected chi connectivity index (χ3v) is 4.70. The number of aryl methyl sites for hydroxylation is 1. The molecule has 1 aromatic carbocycles. The summed E-state index contributed by atoms with van der Waals surface area (Å²) >= 11 is 16.4. The van der Waals surface area contributed by atoms with Crippen molar-refractivity contribution in [3.05, 3.63) is 51.3 Å². The molecule has 2 aromatic rings. The van der Waals surface area contributed by atoms with Crippen LogP contribution in [-0.4, -0.2) is 26.6 Å². The SMILES string of the molecule is Cc1cc(C(O)C(O)CS)c(C)n1-c1cccc(Cl)c1Cl. The van der Waals surface area contributed by atoms with Gasteiger partial charge in [0.15, 0.2) is 0 Å². The molecular formula is C15H17Cl2NO2S. The van der Waals surface area contributed by atoms with Gasteiger partial charge in [-0.05, 0) is 32.0 Å². The fraction of sp³-hybridized carbons (Fsp3) is 0.333. The van der Waals surface area contributed by atoms with Gasteiger partial charge in [-0.3, -0.25) is 0 Å². The summed E-state index contributed by atoms with van der Waals surface area (Å²) in [6.45, 7) is 3.78.